The van der Waals surface area contributed by atoms with Gasteiger partial charge in [0, 0.05) is 6.04 Å². The molecule has 1 saturated heterocycles. The third-order valence-electron chi connectivity index (χ3n) is 4.03. The average Bonchev–Trinajstić information content (AvgIpc) is 2.33. The van der Waals surface area contributed by atoms with Gasteiger partial charge in [-0.05, 0) is 48.8 Å². The molecule has 1 heteroatoms. The van der Waals surface area contributed by atoms with Crippen molar-refractivity contribution >= 4 is 0 Å². The molecule has 1 aliphatic heterocycles. The molecule has 2 unspecified atom stereocenters. The molecule has 94 valence electrons. The topological polar surface area (TPSA) is 12.0 Å². The van der Waals surface area contributed by atoms with Gasteiger partial charge in [-0.3, -0.25) is 0 Å². The van der Waals surface area contributed by atoms with E-state index in [1.165, 1.54) is 36.9 Å². The Balaban J connectivity index is 1.98. The molecule has 1 N–H and O–H groups in total. The van der Waals surface area contributed by atoms with Crippen LogP contribution >= 0.6 is 0 Å². The van der Waals surface area contributed by atoms with Crippen molar-refractivity contribution in [1.29, 1.82) is 0 Å². The summed E-state index contributed by atoms with van der Waals surface area (Å²) in [4.78, 5) is 0. The van der Waals surface area contributed by atoms with E-state index < -0.39 is 0 Å². The minimum Gasteiger partial charge on any atom is -0.313 e. The summed E-state index contributed by atoms with van der Waals surface area (Å²) in [6, 6.07) is 9.85. The van der Waals surface area contributed by atoms with Gasteiger partial charge >= 0.3 is 0 Å². The van der Waals surface area contributed by atoms with Crippen LogP contribution in [0.2, 0.25) is 0 Å². The molecule has 17 heavy (non-hydrogen) atoms. The predicted molar refractivity (Wildman–Crippen MR) is 74.4 cm³/mol. The van der Waals surface area contributed by atoms with Gasteiger partial charge in [-0.25, -0.2) is 0 Å². The monoisotopic (exact) mass is 231 g/mol. The Bertz CT molecular complexity index is 339. The standard InChI is InChI=1S/C16H25N/c1-12(2)15-8-6-14(7-9-15)11-16-13(3)5-4-10-17-16/h6-9,12-13,16-17H,4-5,10-11H2,1-3H3. The number of nitrogens with one attached hydrogen (secondary N) is 1. The summed E-state index contributed by atoms with van der Waals surface area (Å²) < 4.78 is 0. The van der Waals surface area contributed by atoms with E-state index in [4.69, 9.17) is 0 Å². The van der Waals surface area contributed by atoms with Crippen molar-refractivity contribution in [1.82, 2.24) is 5.32 Å². The maximum atomic E-state index is 3.65. The first-order valence-electron chi connectivity index (χ1n) is 6.99. The van der Waals surface area contributed by atoms with Crippen LogP contribution in [0.1, 0.15) is 50.7 Å². The van der Waals surface area contributed by atoms with Gasteiger partial charge in [-0.2, -0.15) is 0 Å². The second kappa shape index (κ2) is 5.68. The fourth-order valence-corrected chi connectivity index (χ4v) is 2.68. The lowest BCUT2D eigenvalue weighted by molar-refractivity contribution is 0.298. The van der Waals surface area contributed by atoms with E-state index in [1.807, 2.05) is 0 Å². The van der Waals surface area contributed by atoms with Crippen LogP contribution in [0.25, 0.3) is 0 Å². The molecule has 0 spiro atoms. The van der Waals surface area contributed by atoms with Crippen molar-refractivity contribution in [3.63, 3.8) is 0 Å². The van der Waals surface area contributed by atoms with E-state index >= 15 is 0 Å². The Morgan fingerprint density at radius 3 is 2.53 bits per heavy atom. The van der Waals surface area contributed by atoms with Gasteiger partial charge in [-0.15, -0.1) is 0 Å². The van der Waals surface area contributed by atoms with Crippen molar-refractivity contribution in [3.8, 4) is 0 Å². The number of hydrogen-bond donors (Lipinski definition) is 1. The highest BCUT2D eigenvalue weighted by Crippen LogP contribution is 2.20. The Hall–Kier alpha value is -0.820. The van der Waals surface area contributed by atoms with Crippen LogP contribution < -0.4 is 5.32 Å². The molecule has 1 aromatic carbocycles. The SMILES string of the molecule is CC(C)c1ccc(CC2NCCCC2C)cc1. The number of benzene rings is 1. The molecular weight excluding hydrogens is 206 g/mol. The zero-order valence-electron chi connectivity index (χ0n) is 11.4. The van der Waals surface area contributed by atoms with Crippen LogP contribution in [0.3, 0.4) is 0 Å². The van der Waals surface area contributed by atoms with Crippen LogP contribution in [0, 0.1) is 5.92 Å². The predicted octanol–water partition coefficient (Wildman–Crippen LogP) is 3.74. The fraction of sp³-hybridized carbons (Fsp3) is 0.625. The molecule has 1 aliphatic rings. The van der Waals surface area contributed by atoms with Gasteiger partial charge in [-0.1, -0.05) is 45.0 Å². The first kappa shape index (κ1) is 12.6. The summed E-state index contributed by atoms with van der Waals surface area (Å²) >= 11 is 0. The molecule has 1 nitrogen and oxygen atoms in total. The van der Waals surface area contributed by atoms with Gasteiger partial charge in [0.2, 0.25) is 0 Å². The number of hydrogen-bond acceptors (Lipinski definition) is 1. The molecule has 1 heterocycles. The second-order valence-electron chi connectivity index (χ2n) is 5.78. The summed E-state index contributed by atoms with van der Waals surface area (Å²) in [7, 11) is 0. The Morgan fingerprint density at radius 1 is 1.24 bits per heavy atom. The molecule has 1 aromatic rings. The molecule has 0 radical (unpaired) electrons. The highest BCUT2D eigenvalue weighted by Gasteiger charge is 2.20. The smallest absolute Gasteiger partial charge is 0.0133 e. The quantitative estimate of drug-likeness (QED) is 0.835. The summed E-state index contributed by atoms with van der Waals surface area (Å²) in [5.41, 5.74) is 2.92. The molecule has 1 fully saturated rings. The lowest BCUT2D eigenvalue weighted by atomic mass is 9.88. The highest BCUT2D eigenvalue weighted by atomic mass is 14.9. The average molecular weight is 231 g/mol. The normalized spacial score (nSPS) is 25.2. The Kier molecular flexibility index (Phi) is 4.22. The van der Waals surface area contributed by atoms with Gasteiger partial charge in [0.25, 0.3) is 0 Å². The number of rotatable bonds is 3. The van der Waals surface area contributed by atoms with E-state index in [0.717, 1.165) is 5.92 Å². The van der Waals surface area contributed by atoms with E-state index in [2.05, 4.69) is 50.4 Å². The fourth-order valence-electron chi connectivity index (χ4n) is 2.68. The van der Waals surface area contributed by atoms with Crippen LogP contribution in [-0.2, 0) is 6.42 Å². The largest absolute Gasteiger partial charge is 0.313 e. The second-order valence-corrected chi connectivity index (χ2v) is 5.78. The zero-order chi connectivity index (χ0) is 12.3. The lowest BCUT2D eigenvalue weighted by Gasteiger charge is -2.30. The maximum Gasteiger partial charge on any atom is 0.0133 e. The molecular formula is C16H25N. The summed E-state index contributed by atoms with van der Waals surface area (Å²) in [5, 5.41) is 3.65. The summed E-state index contributed by atoms with van der Waals surface area (Å²) in [6.07, 6.45) is 3.89. The third-order valence-corrected chi connectivity index (χ3v) is 4.03. The maximum absolute atomic E-state index is 3.65. The van der Waals surface area contributed by atoms with E-state index in [-0.39, 0.29) is 0 Å². The molecule has 0 bridgehead atoms. The van der Waals surface area contributed by atoms with Crippen LogP contribution in [0.15, 0.2) is 24.3 Å². The zero-order valence-corrected chi connectivity index (χ0v) is 11.4. The Labute approximate surface area is 106 Å². The number of piperidine rings is 1. The summed E-state index contributed by atoms with van der Waals surface area (Å²) in [6.45, 7) is 8.07. The molecule has 0 aliphatic carbocycles. The van der Waals surface area contributed by atoms with Gasteiger partial charge in [0.1, 0.15) is 0 Å². The molecule has 0 aromatic heterocycles. The molecule has 2 atom stereocenters. The minimum absolute atomic E-state index is 0.635. The van der Waals surface area contributed by atoms with Crippen molar-refractivity contribution < 1.29 is 0 Å². The van der Waals surface area contributed by atoms with Crippen LogP contribution in [-0.4, -0.2) is 12.6 Å². The minimum atomic E-state index is 0.635. The van der Waals surface area contributed by atoms with Gasteiger partial charge < -0.3 is 5.32 Å². The van der Waals surface area contributed by atoms with Crippen molar-refractivity contribution in [2.45, 2.75) is 52.0 Å². The van der Waals surface area contributed by atoms with Crippen molar-refractivity contribution in [2.24, 2.45) is 5.92 Å². The van der Waals surface area contributed by atoms with E-state index in [9.17, 15) is 0 Å². The molecule has 2 rings (SSSR count). The first-order valence-corrected chi connectivity index (χ1v) is 6.99. The Morgan fingerprint density at radius 2 is 1.94 bits per heavy atom. The first-order chi connectivity index (χ1) is 8.16. The van der Waals surface area contributed by atoms with E-state index in [0.29, 0.717) is 12.0 Å². The van der Waals surface area contributed by atoms with Crippen molar-refractivity contribution in [3.05, 3.63) is 35.4 Å². The lowest BCUT2D eigenvalue weighted by Crippen LogP contribution is -2.41. The van der Waals surface area contributed by atoms with E-state index in [1.54, 1.807) is 0 Å². The van der Waals surface area contributed by atoms with Crippen molar-refractivity contribution in [2.75, 3.05) is 6.54 Å². The third kappa shape index (κ3) is 3.32. The van der Waals surface area contributed by atoms with Crippen LogP contribution in [0.4, 0.5) is 0 Å². The van der Waals surface area contributed by atoms with Crippen LogP contribution in [0.5, 0.6) is 0 Å². The molecule has 0 amide bonds. The molecule has 0 saturated carbocycles. The van der Waals surface area contributed by atoms with Gasteiger partial charge in [0.05, 0.1) is 0 Å². The van der Waals surface area contributed by atoms with Gasteiger partial charge in [0.15, 0.2) is 0 Å². The highest BCUT2D eigenvalue weighted by molar-refractivity contribution is 5.25. The summed E-state index contributed by atoms with van der Waals surface area (Å²) in [5.74, 6) is 1.45.